The van der Waals surface area contributed by atoms with Gasteiger partial charge in [0.15, 0.2) is 0 Å². The molecule has 1 aliphatic rings. The number of ether oxygens (including phenoxy) is 2. The van der Waals surface area contributed by atoms with Gasteiger partial charge >= 0.3 is 12.1 Å². The van der Waals surface area contributed by atoms with E-state index in [0.717, 1.165) is 0 Å². The van der Waals surface area contributed by atoms with E-state index in [9.17, 15) is 24.0 Å². The molecule has 0 bridgehead atoms. The Labute approximate surface area is 198 Å². The first-order chi connectivity index (χ1) is 15.9. The number of esters is 1. The van der Waals surface area contributed by atoms with Crippen LogP contribution in [0.25, 0.3) is 0 Å². The van der Waals surface area contributed by atoms with Crippen molar-refractivity contribution in [3.05, 3.63) is 35.9 Å². The summed E-state index contributed by atoms with van der Waals surface area (Å²) < 4.78 is 9.79. The number of alkyl carbamates (subject to hydrolysis) is 1. The summed E-state index contributed by atoms with van der Waals surface area (Å²) in [5.41, 5.74) is 5.00. The molecule has 0 heterocycles. The van der Waals surface area contributed by atoms with Gasteiger partial charge in [0.1, 0.15) is 24.2 Å². The van der Waals surface area contributed by atoms with Crippen molar-refractivity contribution in [2.24, 2.45) is 5.73 Å². The molecule has 1 aliphatic carbocycles. The van der Waals surface area contributed by atoms with Crippen molar-refractivity contribution in [1.82, 2.24) is 15.5 Å². The number of rotatable bonds is 10. The minimum atomic E-state index is -1.34. The SMILES string of the molecule is COC(=O)CNC(=O)C(c1ccccc1)N(C(=O)C(CC(N)=O)NC(=O)OC(C)(C)C)C1CC1. The zero-order valence-electron chi connectivity index (χ0n) is 19.8. The fraction of sp³-hybridized carbons (Fsp3) is 0.522. The van der Waals surface area contributed by atoms with E-state index in [1.165, 1.54) is 12.0 Å². The molecule has 4 amide bonds. The van der Waals surface area contributed by atoms with Crippen LogP contribution in [0.1, 0.15) is 51.6 Å². The maximum absolute atomic E-state index is 13.7. The predicted molar refractivity (Wildman–Crippen MR) is 121 cm³/mol. The Morgan fingerprint density at radius 3 is 2.24 bits per heavy atom. The van der Waals surface area contributed by atoms with Gasteiger partial charge in [0.05, 0.1) is 13.5 Å². The van der Waals surface area contributed by atoms with E-state index in [4.69, 9.17) is 10.5 Å². The van der Waals surface area contributed by atoms with Crippen LogP contribution in [0.2, 0.25) is 0 Å². The molecule has 11 heteroatoms. The average molecular weight is 477 g/mol. The van der Waals surface area contributed by atoms with Gasteiger partial charge in [-0.25, -0.2) is 4.79 Å². The maximum Gasteiger partial charge on any atom is 0.408 e. The minimum Gasteiger partial charge on any atom is -0.468 e. The molecule has 2 unspecified atom stereocenters. The van der Waals surface area contributed by atoms with Crippen LogP contribution in [0.15, 0.2) is 30.3 Å². The van der Waals surface area contributed by atoms with Crippen LogP contribution in [0.4, 0.5) is 4.79 Å². The number of amides is 4. The van der Waals surface area contributed by atoms with Crippen molar-refractivity contribution in [3.63, 3.8) is 0 Å². The summed E-state index contributed by atoms with van der Waals surface area (Å²) >= 11 is 0. The van der Waals surface area contributed by atoms with Crippen LogP contribution in [0, 0.1) is 0 Å². The summed E-state index contributed by atoms with van der Waals surface area (Å²) in [5.74, 6) is -2.72. The summed E-state index contributed by atoms with van der Waals surface area (Å²) in [4.78, 5) is 63.8. The molecule has 11 nitrogen and oxygen atoms in total. The van der Waals surface area contributed by atoms with Gasteiger partial charge in [-0.2, -0.15) is 0 Å². The summed E-state index contributed by atoms with van der Waals surface area (Å²) in [6.07, 6.45) is -0.106. The fourth-order valence-corrected chi connectivity index (χ4v) is 3.30. The number of nitrogens with two attached hydrogens (primary N) is 1. The lowest BCUT2D eigenvalue weighted by molar-refractivity contribution is -0.145. The molecule has 2 atom stereocenters. The number of methoxy groups -OCH3 is 1. The first-order valence-corrected chi connectivity index (χ1v) is 10.9. The molecule has 1 aromatic rings. The van der Waals surface area contributed by atoms with E-state index in [2.05, 4.69) is 15.4 Å². The number of carbonyl (C=O) groups is 5. The quantitative estimate of drug-likeness (QED) is 0.421. The second kappa shape index (κ2) is 11.5. The lowest BCUT2D eigenvalue weighted by Gasteiger charge is -2.34. The molecule has 0 spiro atoms. The van der Waals surface area contributed by atoms with Crippen molar-refractivity contribution >= 4 is 29.8 Å². The molecule has 0 aliphatic heterocycles. The molecule has 1 aromatic carbocycles. The molecule has 1 saturated carbocycles. The normalized spacial score (nSPS) is 14.8. The highest BCUT2D eigenvalue weighted by Gasteiger charge is 2.44. The highest BCUT2D eigenvalue weighted by Crippen LogP contribution is 2.35. The lowest BCUT2D eigenvalue weighted by atomic mass is 10.0. The summed E-state index contributed by atoms with van der Waals surface area (Å²) in [5, 5.41) is 4.90. The highest BCUT2D eigenvalue weighted by atomic mass is 16.6. The third-order valence-corrected chi connectivity index (χ3v) is 4.87. The van der Waals surface area contributed by atoms with E-state index in [1.807, 2.05) is 0 Å². The Balaban J connectivity index is 2.38. The highest BCUT2D eigenvalue weighted by molar-refractivity contribution is 5.95. The molecule has 0 radical (unpaired) electrons. The number of carbonyl (C=O) groups excluding carboxylic acids is 5. The molecular weight excluding hydrogens is 444 g/mol. The molecule has 1 fully saturated rings. The number of primary amides is 1. The standard InChI is InChI=1S/C23H32N4O7/c1-23(2,3)34-22(32)26-16(12-17(24)28)21(31)27(15-10-11-15)19(14-8-6-5-7-9-14)20(30)25-13-18(29)33-4/h5-9,15-16,19H,10-13H2,1-4H3,(H2,24,28)(H,25,30)(H,26,32). The number of benzene rings is 1. The number of nitrogens with one attached hydrogen (secondary N) is 2. The van der Waals surface area contributed by atoms with Gasteiger partial charge in [-0.05, 0) is 39.2 Å². The lowest BCUT2D eigenvalue weighted by Crippen LogP contribution is -2.55. The Bertz CT molecular complexity index is 910. The van der Waals surface area contributed by atoms with E-state index < -0.39 is 53.9 Å². The number of nitrogens with zero attached hydrogens (tertiary/aromatic N) is 1. The Hall–Kier alpha value is -3.63. The predicted octanol–water partition coefficient (Wildman–Crippen LogP) is 0.777. The van der Waals surface area contributed by atoms with Crippen LogP contribution in [0.5, 0.6) is 0 Å². The summed E-state index contributed by atoms with van der Waals surface area (Å²) in [6.45, 7) is 4.59. The zero-order chi connectivity index (χ0) is 25.5. The van der Waals surface area contributed by atoms with E-state index >= 15 is 0 Å². The van der Waals surface area contributed by atoms with Gasteiger partial charge in [-0.1, -0.05) is 30.3 Å². The second-order valence-electron chi connectivity index (χ2n) is 8.95. The van der Waals surface area contributed by atoms with Gasteiger partial charge in [-0.3, -0.25) is 19.2 Å². The number of hydrogen-bond donors (Lipinski definition) is 3. The smallest absolute Gasteiger partial charge is 0.408 e. The van der Waals surface area contributed by atoms with Crippen molar-refractivity contribution in [3.8, 4) is 0 Å². The fourth-order valence-electron chi connectivity index (χ4n) is 3.30. The molecule has 34 heavy (non-hydrogen) atoms. The first-order valence-electron chi connectivity index (χ1n) is 10.9. The molecule has 0 aromatic heterocycles. The first kappa shape index (κ1) is 26.6. The van der Waals surface area contributed by atoms with E-state index in [0.29, 0.717) is 18.4 Å². The summed E-state index contributed by atoms with van der Waals surface area (Å²) in [7, 11) is 1.19. The Morgan fingerprint density at radius 2 is 1.74 bits per heavy atom. The van der Waals surface area contributed by atoms with Gasteiger partial charge < -0.3 is 30.7 Å². The average Bonchev–Trinajstić information content (AvgIpc) is 3.58. The van der Waals surface area contributed by atoms with Gasteiger partial charge in [0.2, 0.25) is 17.7 Å². The monoisotopic (exact) mass is 476 g/mol. The van der Waals surface area contributed by atoms with Crippen molar-refractivity contribution in [2.45, 2.75) is 63.8 Å². The van der Waals surface area contributed by atoms with Gasteiger partial charge in [0.25, 0.3) is 0 Å². The molecule has 2 rings (SSSR count). The Kier molecular flexibility index (Phi) is 8.99. The molecule has 4 N–H and O–H groups in total. The minimum absolute atomic E-state index is 0.294. The van der Waals surface area contributed by atoms with Crippen LogP contribution >= 0.6 is 0 Å². The van der Waals surface area contributed by atoms with Crippen LogP contribution in [-0.4, -0.2) is 66.0 Å². The molecule has 186 valence electrons. The third-order valence-electron chi connectivity index (χ3n) is 4.87. The molecular formula is C23H32N4O7. The van der Waals surface area contributed by atoms with Crippen LogP contribution in [-0.2, 0) is 28.7 Å². The van der Waals surface area contributed by atoms with Crippen LogP contribution < -0.4 is 16.4 Å². The van der Waals surface area contributed by atoms with Crippen LogP contribution in [0.3, 0.4) is 0 Å². The van der Waals surface area contributed by atoms with Crippen molar-refractivity contribution in [2.75, 3.05) is 13.7 Å². The van der Waals surface area contributed by atoms with E-state index in [1.54, 1.807) is 51.1 Å². The summed E-state index contributed by atoms with van der Waals surface area (Å²) in [6, 6.07) is 5.80. The van der Waals surface area contributed by atoms with Crippen molar-refractivity contribution in [1.29, 1.82) is 0 Å². The molecule has 0 saturated heterocycles. The third kappa shape index (κ3) is 8.05. The zero-order valence-corrected chi connectivity index (χ0v) is 19.8. The topological polar surface area (TPSA) is 157 Å². The number of hydrogen-bond acceptors (Lipinski definition) is 7. The van der Waals surface area contributed by atoms with Gasteiger partial charge in [0, 0.05) is 6.04 Å². The largest absolute Gasteiger partial charge is 0.468 e. The van der Waals surface area contributed by atoms with Crippen molar-refractivity contribution < 1.29 is 33.4 Å². The maximum atomic E-state index is 13.7. The van der Waals surface area contributed by atoms with E-state index in [-0.39, 0.29) is 12.6 Å². The second-order valence-corrected chi connectivity index (χ2v) is 8.95. The Morgan fingerprint density at radius 1 is 1.12 bits per heavy atom. The van der Waals surface area contributed by atoms with Gasteiger partial charge in [-0.15, -0.1) is 0 Å².